The van der Waals surface area contributed by atoms with Crippen LogP contribution in [0.2, 0.25) is 0 Å². The predicted molar refractivity (Wildman–Crippen MR) is 95.2 cm³/mol. The molecule has 138 valence electrons. The molecule has 1 saturated heterocycles. The number of aromatic nitrogens is 1. The van der Waals surface area contributed by atoms with Crippen LogP contribution < -0.4 is 11.1 Å². The lowest BCUT2D eigenvalue weighted by molar-refractivity contribution is -0.120. The number of nitrogen functional groups attached to an aromatic ring is 1. The number of halogens is 1. The molecule has 9 heteroatoms. The summed E-state index contributed by atoms with van der Waals surface area (Å²) in [6.07, 6.45) is 2.19. The summed E-state index contributed by atoms with van der Waals surface area (Å²) < 4.78 is 40.2. The van der Waals surface area contributed by atoms with Crippen LogP contribution in [0.3, 0.4) is 0 Å². The van der Waals surface area contributed by atoms with Crippen molar-refractivity contribution in [1.82, 2.24) is 9.29 Å². The third-order valence-corrected chi connectivity index (χ3v) is 6.26. The van der Waals surface area contributed by atoms with Gasteiger partial charge in [-0.15, -0.1) is 0 Å². The number of hydrogen-bond acceptors (Lipinski definition) is 5. The van der Waals surface area contributed by atoms with Gasteiger partial charge in [-0.2, -0.15) is 4.31 Å². The number of carbonyl (C=O) groups excluding carboxylic acids is 1. The first kappa shape index (κ1) is 18.3. The summed E-state index contributed by atoms with van der Waals surface area (Å²) in [6, 6.07) is 8.52. The second-order valence-corrected chi connectivity index (χ2v) is 7.98. The molecule has 1 aromatic carbocycles. The quantitative estimate of drug-likeness (QED) is 0.845. The summed E-state index contributed by atoms with van der Waals surface area (Å²) in [4.78, 5) is 15.9. The Labute approximate surface area is 151 Å². The van der Waals surface area contributed by atoms with Gasteiger partial charge >= 0.3 is 0 Å². The van der Waals surface area contributed by atoms with E-state index >= 15 is 0 Å². The first-order chi connectivity index (χ1) is 12.4. The van der Waals surface area contributed by atoms with Crippen molar-refractivity contribution in [3.05, 3.63) is 48.4 Å². The molecule has 26 heavy (non-hydrogen) atoms. The number of nitrogens with two attached hydrogens (primary N) is 1. The van der Waals surface area contributed by atoms with Gasteiger partial charge in [-0.3, -0.25) is 4.79 Å². The van der Waals surface area contributed by atoms with Crippen molar-refractivity contribution < 1.29 is 17.6 Å². The Hall–Kier alpha value is -2.52. The Bertz CT molecular complexity index is 894. The molecule has 0 radical (unpaired) electrons. The lowest BCUT2D eigenvalue weighted by atomic mass is 9.97. The van der Waals surface area contributed by atoms with Gasteiger partial charge in [0.1, 0.15) is 16.5 Å². The van der Waals surface area contributed by atoms with Gasteiger partial charge in [0.25, 0.3) is 0 Å². The van der Waals surface area contributed by atoms with Crippen molar-refractivity contribution in [2.45, 2.75) is 17.7 Å². The fourth-order valence-electron chi connectivity index (χ4n) is 2.87. The Morgan fingerprint density at radius 3 is 2.50 bits per heavy atom. The van der Waals surface area contributed by atoms with Gasteiger partial charge in [0.2, 0.25) is 15.9 Å². The second-order valence-electron chi connectivity index (χ2n) is 6.07. The molecule has 7 nitrogen and oxygen atoms in total. The maximum absolute atomic E-state index is 13.8. The average Bonchev–Trinajstić information content (AvgIpc) is 2.64. The number of rotatable bonds is 4. The molecule has 3 rings (SSSR count). The van der Waals surface area contributed by atoms with Crippen molar-refractivity contribution in [3.63, 3.8) is 0 Å². The number of anilines is 2. The highest BCUT2D eigenvalue weighted by Gasteiger charge is 2.33. The fraction of sp³-hybridized carbons (Fsp3) is 0.294. The molecule has 1 aliphatic heterocycles. The predicted octanol–water partition coefficient (Wildman–Crippen LogP) is 1.84. The minimum Gasteiger partial charge on any atom is -0.384 e. The van der Waals surface area contributed by atoms with E-state index in [4.69, 9.17) is 5.73 Å². The number of nitrogens with zero attached hydrogens (tertiary/aromatic N) is 2. The monoisotopic (exact) mass is 378 g/mol. The molecule has 1 fully saturated rings. The van der Waals surface area contributed by atoms with E-state index in [0.29, 0.717) is 24.3 Å². The third-order valence-electron chi connectivity index (χ3n) is 4.33. The van der Waals surface area contributed by atoms with Crippen molar-refractivity contribution in [3.8, 4) is 0 Å². The molecule has 3 N–H and O–H groups in total. The Balaban J connectivity index is 1.62. The number of pyridine rings is 1. The smallest absolute Gasteiger partial charge is 0.245 e. The number of hydrogen-bond donors (Lipinski definition) is 2. The first-order valence-corrected chi connectivity index (χ1v) is 9.59. The van der Waals surface area contributed by atoms with Crippen LogP contribution >= 0.6 is 0 Å². The van der Waals surface area contributed by atoms with Gasteiger partial charge < -0.3 is 11.1 Å². The molecular formula is C17H19FN4O3S. The summed E-state index contributed by atoms with van der Waals surface area (Å²) >= 11 is 0. The van der Waals surface area contributed by atoms with Crippen molar-refractivity contribution in [2.75, 3.05) is 24.1 Å². The zero-order chi connectivity index (χ0) is 18.7. The van der Waals surface area contributed by atoms with Crippen LogP contribution in [0, 0.1) is 11.7 Å². The molecule has 0 bridgehead atoms. The summed E-state index contributed by atoms with van der Waals surface area (Å²) in [5.74, 6) is -0.933. The minimum absolute atomic E-state index is 0.161. The minimum atomic E-state index is -3.90. The van der Waals surface area contributed by atoms with E-state index in [1.54, 1.807) is 12.1 Å². The van der Waals surface area contributed by atoms with Crippen LogP contribution in [0.1, 0.15) is 12.8 Å². The van der Waals surface area contributed by atoms with Gasteiger partial charge in [0.15, 0.2) is 0 Å². The molecule has 0 spiro atoms. The molecule has 0 atom stereocenters. The lowest BCUT2D eigenvalue weighted by Gasteiger charge is -2.30. The van der Waals surface area contributed by atoms with Gasteiger partial charge in [-0.25, -0.2) is 17.8 Å². The Kier molecular flexibility index (Phi) is 5.19. The SMILES string of the molecule is Nc1ccc(NC(=O)C2CCN(S(=O)(=O)c3ccccc3F)CC2)cn1. The standard InChI is InChI=1S/C17H19FN4O3S/c18-14-3-1-2-4-15(14)26(24,25)22-9-7-12(8-10-22)17(23)21-13-5-6-16(19)20-11-13/h1-6,11-12H,7-10H2,(H2,19,20)(H,21,23). The van der Waals surface area contributed by atoms with Crippen LogP contribution in [-0.2, 0) is 14.8 Å². The molecule has 1 aliphatic rings. The van der Waals surface area contributed by atoms with Crippen LogP contribution in [-0.4, -0.2) is 36.7 Å². The van der Waals surface area contributed by atoms with Crippen LogP contribution in [0.5, 0.6) is 0 Å². The van der Waals surface area contributed by atoms with E-state index in [0.717, 1.165) is 6.07 Å². The Morgan fingerprint density at radius 2 is 1.88 bits per heavy atom. The summed E-state index contributed by atoms with van der Waals surface area (Å²) in [5.41, 5.74) is 6.03. The van der Waals surface area contributed by atoms with E-state index in [-0.39, 0.29) is 29.8 Å². The summed E-state index contributed by atoms with van der Waals surface area (Å²) in [7, 11) is -3.90. The Morgan fingerprint density at radius 1 is 1.19 bits per heavy atom. The van der Waals surface area contributed by atoms with Gasteiger partial charge in [0, 0.05) is 19.0 Å². The molecule has 0 saturated carbocycles. The van der Waals surface area contributed by atoms with Crippen LogP contribution in [0.25, 0.3) is 0 Å². The molecule has 0 aliphatic carbocycles. The maximum atomic E-state index is 13.8. The number of amides is 1. The molecular weight excluding hydrogens is 359 g/mol. The lowest BCUT2D eigenvalue weighted by Crippen LogP contribution is -2.41. The third kappa shape index (κ3) is 3.83. The molecule has 2 aromatic rings. The zero-order valence-corrected chi connectivity index (χ0v) is 14.7. The highest BCUT2D eigenvalue weighted by Crippen LogP contribution is 2.26. The van der Waals surface area contributed by atoms with E-state index in [9.17, 15) is 17.6 Å². The van der Waals surface area contributed by atoms with Crippen molar-refractivity contribution in [1.29, 1.82) is 0 Å². The van der Waals surface area contributed by atoms with Gasteiger partial charge in [-0.1, -0.05) is 12.1 Å². The normalized spacial score (nSPS) is 16.3. The van der Waals surface area contributed by atoms with Crippen molar-refractivity contribution in [2.24, 2.45) is 5.92 Å². The molecule has 1 amide bonds. The molecule has 0 unspecified atom stereocenters. The summed E-state index contributed by atoms with van der Waals surface area (Å²) in [6.45, 7) is 0.323. The summed E-state index contributed by atoms with van der Waals surface area (Å²) in [5, 5.41) is 2.75. The number of benzene rings is 1. The zero-order valence-electron chi connectivity index (χ0n) is 13.9. The van der Waals surface area contributed by atoms with E-state index in [1.165, 1.54) is 28.7 Å². The van der Waals surface area contributed by atoms with E-state index in [2.05, 4.69) is 10.3 Å². The number of sulfonamides is 1. The van der Waals surface area contributed by atoms with Crippen LogP contribution in [0.4, 0.5) is 15.9 Å². The topological polar surface area (TPSA) is 105 Å². The highest BCUT2D eigenvalue weighted by atomic mass is 32.2. The number of nitrogens with one attached hydrogen (secondary N) is 1. The number of carbonyl (C=O) groups is 1. The van der Waals surface area contributed by atoms with Crippen molar-refractivity contribution >= 4 is 27.4 Å². The fourth-order valence-corrected chi connectivity index (χ4v) is 4.41. The molecule has 2 heterocycles. The second kappa shape index (κ2) is 7.38. The van der Waals surface area contributed by atoms with Crippen LogP contribution in [0.15, 0.2) is 47.5 Å². The average molecular weight is 378 g/mol. The van der Waals surface area contributed by atoms with Gasteiger partial charge in [0.05, 0.1) is 11.9 Å². The highest BCUT2D eigenvalue weighted by molar-refractivity contribution is 7.89. The van der Waals surface area contributed by atoms with E-state index < -0.39 is 15.8 Å². The maximum Gasteiger partial charge on any atom is 0.245 e. The largest absolute Gasteiger partial charge is 0.384 e. The molecule has 1 aromatic heterocycles. The number of piperidine rings is 1. The first-order valence-electron chi connectivity index (χ1n) is 8.15. The van der Waals surface area contributed by atoms with Gasteiger partial charge in [-0.05, 0) is 37.1 Å². The van der Waals surface area contributed by atoms with E-state index in [1.807, 2.05) is 0 Å².